The Balaban J connectivity index is 2.05. The summed E-state index contributed by atoms with van der Waals surface area (Å²) in [5.41, 5.74) is 0.805. The van der Waals surface area contributed by atoms with Crippen molar-refractivity contribution < 1.29 is 4.79 Å². The second-order valence-corrected chi connectivity index (χ2v) is 6.13. The standard InChI is InChI=1S/C18H12N4O2S/c23-12-21(16-9-5-11-25-16)22-18(24)14-7-2-1-6-13(14)17(20-22)15-8-3-4-10-19-15/h1-12H. The number of thiophene rings is 1. The molecule has 1 aromatic carbocycles. The van der Waals surface area contributed by atoms with Crippen molar-refractivity contribution in [2.24, 2.45) is 0 Å². The first-order valence-electron chi connectivity index (χ1n) is 7.51. The summed E-state index contributed by atoms with van der Waals surface area (Å²) in [6, 6.07) is 16.2. The van der Waals surface area contributed by atoms with E-state index in [9.17, 15) is 9.59 Å². The van der Waals surface area contributed by atoms with Crippen molar-refractivity contribution in [1.82, 2.24) is 14.9 Å². The van der Waals surface area contributed by atoms with Crippen molar-refractivity contribution in [2.45, 2.75) is 0 Å². The highest BCUT2D eigenvalue weighted by atomic mass is 32.1. The van der Waals surface area contributed by atoms with Crippen LogP contribution >= 0.6 is 11.3 Å². The van der Waals surface area contributed by atoms with E-state index in [4.69, 9.17) is 0 Å². The SMILES string of the molecule is O=CN(c1cccs1)n1nc(-c2ccccn2)c2ccccc2c1=O. The van der Waals surface area contributed by atoms with Crippen LogP contribution in [0.15, 0.2) is 71.0 Å². The van der Waals surface area contributed by atoms with Crippen LogP contribution in [0.25, 0.3) is 22.2 Å². The fourth-order valence-electron chi connectivity index (χ4n) is 2.61. The van der Waals surface area contributed by atoms with Gasteiger partial charge in [-0.3, -0.25) is 14.6 Å². The van der Waals surface area contributed by atoms with E-state index in [1.807, 2.05) is 41.8 Å². The fraction of sp³-hybridized carbons (Fsp3) is 0. The lowest BCUT2D eigenvalue weighted by molar-refractivity contribution is -0.108. The maximum Gasteiger partial charge on any atom is 0.294 e. The molecule has 4 rings (SSSR count). The number of hydrogen-bond acceptors (Lipinski definition) is 5. The van der Waals surface area contributed by atoms with Crippen molar-refractivity contribution >= 4 is 33.5 Å². The van der Waals surface area contributed by atoms with Gasteiger partial charge in [-0.05, 0) is 35.7 Å². The van der Waals surface area contributed by atoms with Crippen LogP contribution in [-0.2, 0) is 4.79 Å². The molecular formula is C18H12N4O2S. The van der Waals surface area contributed by atoms with Gasteiger partial charge < -0.3 is 0 Å². The molecule has 0 aliphatic rings. The number of nitrogens with zero attached hydrogens (tertiary/aromatic N) is 4. The minimum atomic E-state index is -0.365. The largest absolute Gasteiger partial charge is 0.294 e. The van der Waals surface area contributed by atoms with E-state index in [1.165, 1.54) is 16.3 Å². The zero-order chi connectivity index (χ0) is 17.2. The molecule has 0 aliphatic heterocycles. The molecule has 0 saturated heterocycles. The minimum absolute atomic E-state index is 0.365. The second kappa shape index (κ2) is 6.29. The zero-order valence-corrected chi connectivity index (χ0v) is 13.8. The molecule has 4 aromatic rings. The van der Waals surface area contributed by atoms with Crippen LogP contribution in [0.3, 0.4) is 0 Å². The van der Waals surface area contributed by atoms with E-state index in [2.05, 4.69) is 10.1 Å². The molecule has 3 aromatic heterocycles. The molecule has 0 radical (unpaired) electrons. The van der Waals surface area contributed by atoms with E-state index in [-0.39, 0.29) is 5.56 Å². The molecule has 0 unspecified atom stereocenters. The topological polar surface area (TPSA) is 68.1 Å². The Bertz CT molecular complexity index is 1090. The highest BCUT2D eigenvalue weighted by molar-refractivity contribution is 7.14. The average Bonchev–Trinajstić information content (AvgIpc) is 3.19. The zero-order valence-electron chi connectivity index (χ0n) is 12.9. The summed E-state index contributed by atoms with van der Waals surface area (Å²) < 4.78 is 0. The number of rotatable bonds is 4. The summed E-state index contributed by atoms with van der Waals surface area (Å²) in [5.74, 6) is 0. The Hall–Kier alpha value is -3.32. The van der Waals surface area contributed by atoms with E-state index < -0.39 is 0 Å². The van der Waals surface area contributed by atoms with Gasteiger partial charge in [0.05, 0.1) is 11.1 Å². The first kappa shape index (κ1) is 15.2. The maximum absolute atomic E-state index is 12.9. The lowest BCUT2D eigenvalue weighted by Crippen LogP contribution is -2.39. The first-order chi connectivity index (χ1) is 12.3. The molecule has 0 spiro atoms. The third-order valence-electron chi connectivity index (χ3n) is 3.73. The fourth-order valence-corrected chi connectivity index (χ4v) is 3.29. The van der Waals surface area contributed by atoms with Crippen LogP contribution in [0.2, 0.25) is 0 Å². The molecule has 6 nitrogen and oxygen atoms in total. The van der Waals surface area contributed by atoms with Crippen molar-refractivity contribution in [3.63, 3.8) is 0 Å². The maximum atomic E-state index is 12.9. The number of amides is 1. The summed E-state index contributed by atoms with van der Waals surface area (Å²) in [6.07, 6.45) is 2.25. The van der Waals surface area contributed by atoms with E-state index in [0.29, 0.717) is 33.6 Å². The monoisotopic (exact) mass is 348 g/mol. The normalized spacial score (nSPS) is 10.7. The van der Waals surface area contributed by atoms with Gasteiger partial charge in [0.15, 0.2) is 0 Å². The Morgan fingerprint density at radius 3 is 2.48 bits per heavy atom. The predicted octanol–water partition coefficient (Wildman–Crippen LogP) is 2.95. The number of fused-ring (bicyclic) bond motifs is 1. The highest BCUT2D eigenvalue weighted by Crippen LogP contribution is 2.24. The Morgan fingerprint density at radius 1 is 1.00 bits per heavy atom. The lowest BCUT2D eigenvalue weighted by Gasteiger charge is -2.18. The predicted molar refractivity (Wildman–Crippen MR) is 97.5 cm³/mol. The average molecular weight is 348 g/mol. The Labute approximate surface area is 146 Å². The Kier molecular flexibility index (Phi) is 3.83. The number of anilines is 1. The smallest absolute Gasteiger partial charge is 0.276 e. The van der Waals surface area contributed by atoms with Crippen LogP contribution in [0.4, 0.5) is 5.00 Å². The molecule has 0 bridgehead atoms. The molecule has 0 aliphatic carbocycles. The molecule has 0 fully saturated rings. The van der Waals surface area contributed by atoms with Crippen molar-refractivity contribution in [3.05, 3.63) is 76.5 Å². The van der Waals surface area contributed by atoms with Gasteiger partial charge in [-0.25, -0.2) is 0 Å². The van der Waals surface area contributed by atoms with Crippen LogP contribution in [0.5, 0.6) is 0 Å². The Morgan fingerprint density at radius 2 is 1.80 bits per heavy atom. The van der Waals surface area contributed by atoms with Crippen LogP contribution in [-0.4, -0.2) is 21.3 Å². The van der Waals surface area contributed by atoms with E-state index in [1.54, 1.807) is 24.4 Å². The van der Waals surface area contributed by atoms with E-state index in [0.717, 1.165) is 4.79 Å². The molecule has 25 heavy (non-hydrogen) atoms. The van der Waals surface area contributed by atoms with E-state index >= 15 is 0 Å². The van der Waals surface area contributed by atoms with Gasteiger partial charge in [0.25, 0.3) is 5.56 Å². The molecule has 7 heteroatoms. The van der Waals surface area contributed by atoms with Gasteiger partial charge >= 0.3 is 0 Å². The van der Waals surface area contributed by atoms with Crippen LogP contribution < -0.4 is 10.6 Å². The third kappa shape index (κ3) is 2.60. The number of carbonyl (C=O) groups is 1. The second-order valence-electron chi connectivity index (χ2n) is 5.21. The van der Waals surface area contributed by atoms with Gasteiger partial charge in [0.1, 0.15) is 10.7 Å². The van der Waals surface area contributed by atoms with Crippen molar-refractivity contribution in [2.75, 3.05) is 5.01 Å². The van der Waals surface area contributed by atoms with Crippen molar-refractivity contribution in [1.29, 1.82) is 0 Å². The molecule has 0 saturated carbocycles. The van der Waals surface area contributed by atoms with Crippen LogP contribution in [0.1, 0.15) is 0 Å². The number of carbonyl (C=O) groups excluding carboxylic acids is 1. The quantitative estimate of drug-likeness (QED) is 0.532. The molecule has 122 valence electrons. The van der Waals surface area contributed by atoms with Gasteiger partial charge in [0, 0.05) is 11.6 Å². The molecule has 0 atom stereocenters. The number of benzene rings is 1. The molecule has 3 heterocycles. The van der Waals surface area contributed by atoms with Gasteiger partial charge in [-0.1, -0.05) is 24.3 Å². The minimum Gasteiger partial charge on any atom is -0.276 e. The molecule has 0 N–H and O–H groups in total. The van der Waals surface area contributed by atoms with Gasteiger partial charge in [-0.2, -0.15) is 5.01 Å². The summed E-state index contributed by atoms with van der Waals surface area (Å²) in [6.45, 7) is 0. The molecule has 1 amide bonds. The lowest BCUT2D eigenvalue weighted by atomic mass is 10.1. The third-order valence-corrected chi connectivity index (χ3v) is 4.59. The summed E-state index contributed by atoms with van der Waals surface area (Å²) in [7, 11) is 0. The molecular weight excluding hydrogens is 336 g/mol. The highest BCUT2D eigenvalue weighted by Gasteiger charge is 2.18. The summed E-state index contributed by atoms with van der Waals surface area (Å²) >= 11 is 1.35. The number of pyridine rings is 1. The first-order valence-corrected chi connectivity index (χ1v) is 8.39. The van der Waals surface area contributed by atoms with Crippen LogP contribution in [0, 0.1) is 0 Å². The number of hydrogen-bond donors (Lipinski definition) is 0. The summed E-state index contributed by atoms with van der Waals surface area (Å²) in [4.78, 5) is 30.0. The van der Waals surface area contributed by atoms with Gasteiger partial charge in [0.2, 0.25) is 6.41 Å². The van der Waals surface area contributed by atoms with Crippen molar-refractivity contribution in [3.8, 4) is 11.4 Å². The number of aromatic nitrogens is 3. The summed E-state index contributed by atoms with van der Waals surface area (Å²) in [5, 5.41) is 9.24. The van der Waals surface area contributed by atoms with Gasteiger partial charge in [-0.15, -0.1) is 21.2 Å².